The Labute approximate surface area is 295 Å². The van der Waals surface area contributed by atoms with E-state index in [1.807, 2.05) is 0 Å². The summed E-state index contributed by atoms with van der Waals surface area (Å²) in [7, 11) is 0. The van der Waals surface area contributed by atoms with E-state index in [2.05, 4.69) is 39.5 Å². The van der Waals surface area contributed by atoms with E-state index < -0.39 is 37.7 Å². The molecule has 0 aliphatic rings. The minimum Gasteiger partial charge on any atom is -0.412 e. The van der Waals surface area contributed by atoms with E-state index in [1.54, 1.807) is 41.5 Å². The van der Waals surface area contributed by atoms with E-state index in [-0.39, 0.29) is 83.4 Å². The van der Waals surface area contributed by atoms with E-state index in [0.717, 1.165) is 0 Å². The molecule has 0 aromatic rings. The minimum absolute atomic E-state index is 0. The predicted octanol–water partition coefficient (Wildman–Crippen LogP) is -1.60. The molecule has 0 atom stereocenters. The molecular weight excluding hydrogens is 758 g/mol. The maximum Gasteiger partial charge on any atom is 0.173 e. The Morgan fingerprint density at radius 3 is 0.317 bits per heavy atom. The molecule has 0 saturated heterocycles. The zero-order chi connectivity index (χ0) is 30.9. The number of aliphatic hydroxyl groups excluding tert-OH is 6. The number of rotatable bonds is 6. The van der Waals surface area contributed by atoms with Crippen LogP contribution in [0.5, 0.6) is 0 Å². The van der Waals surface area contributed by atoms with Gasteiger partial charge in [-0.15, -0.1) is 0 Å². The summed E-state index contributed by atoms with van der Waals surface area (Å²) < 4.78 is 0. The van der Waals surface area contributed by atoms with Crippen LogP contribution in [0.3, 0.4) is 0 Å². The van der Waals surface area contributed by atoms with Gasteiger partial charge in [-0.25, -0.2) is 0 Å². The van der Waals surface area contributed by atoms with Crippen molar-refractivity contribution in [2.24, 2.45) is 0 Å². The molecule has 0 spiro atoms. The predicted molar refractivity (Wildman–Crippen MR) is 142 cm³/mol. The second-order valence-electron chi connectivity index (χ2n) is 7.32. The van der Waals surface area contributed by atoms with E-state index in [9.17, 15) is 0 Å². The quantitative estimate of drug-likeness (QED) is 0.0823. The van der Waals surface area contributed by atoms with Crippen molar-refractivity contribution in [3.05, 3.63) is 72.9 Å². The van der Waals surface area contributed by atoms with Gasteiger partial charge in [-0.05, 0) is 75.0 Å². The van der Waals surface area contributed by atoms with Gasteiger partial charge in [0.2, 0.25) is 0 Å². The molecule has 0 fully saturated rings. The molecule has 0 aromatic heterocycles. The Bertz CT molecular complexity index is 499. The van der Waals surface area contributed by atoms with Gasteiger partial charge in [-0.1, -0.05) is 39.5 Å². The molecule has 0 bridgehead atoms. The van der Waals surface area contributed by atoms with Crippen LogP contribution in [0.15, 0.2) is 72.9 Å². The van der Waals surface area contributed by atoms with Gasteiger partial charge in [0.05, 0.1) is 0 Å². The molecule has 232 valence electrons. The van der Waals surface area contributed by atoms with E-state index >= 15 is 0 Å². The van der Waals surface area contributed by atoms with Gasteiger partial charge in [0, 0.05) is 77.9 Å². The third-order valence-corrected chi connectivity index (χ3v) is 2.64. The molecule has 0 aliphatic carbocycles. The van der Waals surface area contributed by atoms with Crippen LogP contribution in [0.25, 0.3) is 0 Å². The Hall–Kier alpha value is 0.414. The standard InChI is InChI=1S/6C4H8O2.H2O.4Zn/c6*1-3(2)4(5)6;;;;;/h6*4-6H,1H2,2H3;1H2;;;;. The van der Waals surface area contributed by atoms with E-state index in [1.165, 1.54) is 0 Å². The molecule has 14 N–H and O–H groups in total. The average molecular weight is 808 g/mol. The molecule has 0 radical (unpaired) electrons. The molecule has 0 aromatic carbocycles. The summed E-state index contributed by atoms with van der Waals surface area (Å²) >= 11 is 0. The summed E-state index contributed by atoms with van der Waals surface area (Å²) in [6.07, 6.45) is -8.06. The summed E-state index contributed by atoms with van der Waals surface area (Å²) in [5.41, 5.74) is 2.22. The summed E-state index contributed by atoms with van der Waals surface area (Å²) in [5, 5.41) is 97.0. The fourth-order valence-electron chi connectivity index (χ4n) is 0. The molecule has 41 heavy (non-hydrogen) atoms. The van der Waals surface area contributed by atoms with Crippen LogP contribution in [-0.2, 0) is 77.9 Å². The number of hydrogen-bond acceptors (Lipinski definition) is 12. The van der Waals surface area contributed by atoms with Gasteiger partial charge >= 0.3 is 0 Å². The topological polar surface area (TPSA) is 274 Å². The summed E-state index contributed by atoms with van der Waals surface area (Å²) in [4.78, 5) is 0. The second kappa shape index (κ2) is 47.3. The fraction of sp³-hybridized carbons (Fsp3) is 0.500. The Balaban J connectivity index is -0.0000000286. The van der Waals surface area contributed by atoms with Gasteiger partial charge < -0.3 is 66.8 Å². The zero-order valence-corrected chi connectivity index (χ0v) is 37.3. The van der Waals surface area contributed by atoms with Crippen molar-refractivity contribution in [3.8, 4) is 0 Å². The number of hydrogen-bond donors (Lipinski definition) is 12. The molecule has 0 amide bonds. The van der Waals surface area contributed by atoms with Gasteiger partial charge in [-0.2, -0.15) is 0 Å². The first kappa shape index (κ1) is 73.1. The van der Waals surface area contributed by atoms with Crippen molar-refractivity contribution in [1.29, 1.82) is 0 Å². The van der Waals surface area contributed by atoms with Gasteiger partial charge in [-0.3, -0.25) is 0 Å². The van der Waals surface area contributed by atoms with Gasteiger partial charge in [0.1, 0.15) is 0 Å². The largest absolute Gasteiger partial charge is 0.412 e. The van der Waals surface area contributed by atoms with Crippen molar-refractivity contribution >= 4 is 0 Å². The summed E-state index contributed by atoms with van der Waals surface area (Å²) in [6, 6.07) is 0. The smallest absolute Gasteiger partial charge is 0.173 e. The Morgan fingerprint density at radius 2 is 0.317 bits per heavy atom. The van der Waals surface area contributed by atoms with Crippen molar-refractivity contribution in [2.45, 2.75) is 79.3 Å². The first-order valence-corrected chi connectivity index (χ1v) is 9.95. The average Bonchev–Trinajstić information content (AvgIpc) is 2.69. The van der Waals surface area contributed by atoms with Crippen LogP contribution in [0, 0.1) is 0 Å². The van der Waals surface area contributed by atoms with Gasteiger partial charge in [0.15, 0.2) is 37.7 Å². The molecular formula is C24H50O13Zn4. The molecule has 0 rings (SSSR count). The van der Waals surface area contributed by atoms with Crippen LogP contribution in [0.2, 0.25) is 0 Å². The summed E-state index contributed by atoms with van der Waals surface area (Å²) in [5.74, 6) is 0. The van der Waals surface area contributed by atoms with Crippen LogP contribution in [-0.4, -0.2) is 104 Å². The fourth-order valence-corrected chi connectivity index (χ4v) is 0. The first-order valence-electron chi connectivity index (χ1n) is 9.95. The third-order valence-electron chi connectivity index (χ3n) is 2.64. The van der Waals surface area contributed by atoms with Crippen LogP contribution >= 0.6 is 0 Å². The monoisotopic (exact) mass is 802 g/mol. The Kier molecular flexibility index (Phi) is 84.4. The van der Waals surface area contributed by atoms with Crippen LogP contribution in [0.4, 0.5) is 0 Å². The zero-order valence-electron chi connectivity index (χ0n) is 25.4. The minimum atomic E-state index is -1.34. The van der Waals surface area contributed by atoms with Crippen molar-refractivity contribution in [1.82, 2.24) is 0 Å². The third kappa shape index (κ3) is 100. The molecule has 0 saturated carbocycles. The molecule has 0 aliphatic heterocycles. The molecule has 0 unspecified atom stereocenters. The first-order chi connectivity index (χ1) is 15.9. The van der Waals surface area contributed by atoms with Crippen molar-refractivity contribution in [3.63, 3.8) is 0 Å². The molecule has 13 nitrogen and oxygen atoms in total. The molecule has 17 heteroatoms. The SMILES string of the molecule is C=C(C)C(O)O.C=C(C)C(O)O.C=C(C)C(O)O.C=C(C)C(O)O.C=C(C)C(O)O.C=C(C)C(O)O.O.[Zn].[Zn].[Zn].[Zn]. The number of aliphatic hydroxyl groups is 12. The van der Waals surface area contributed by atoms with Gasteiger partial charge in [0.25, 0.3) is 0 Å². The van der Waals surface area contributed by atoms with Crippen molar-refractivity contribution in [2.75, 3.05) is 0 Å². The van der Waals surface area contributed by atoms with E-state index in [0.29, 0.717) is 33.4 Å². The second-order valence-corrected chi connectivity index (χ2v) is 7.32. The van der Waals surface area contributed by atoms with Crippen LogP contribution in [0.1, 0.15) is 41.5 Å². The Morgan fingerprint density at radius 1 is 0.293 bits per heavy atom. The maximum absolute atomic E-state index is 8.09. The normalized spacial score (nSPS) is 8.20. The van der Waals surface area contributed by atoms with Crippen LogP contribution < -0.4 is 0 Å². The van der Waals surface area contributed by atoms with E-state index in [4.69, 9.17) is 61.3 Å². The van der Waals surface area contributed by atoms with Crippen molar-refractivity contribution < 1.29 is 145 Å². The molecule has 0 heterocycles. The maximum atomic E-state index is 8.09. The summed E-state index contributed by atoms with van der Waals surface area (Å²) in [6.45, 7) is 28.8.